The molecule has 0 bridgehead atoms. The van der Waals surface area contributed by atoms with E-state index < -0.39 is 44.7 Å². The quantitative estimate of drug-likeness (QED) is 0.0704. The molecule has 1 unspecified atom stereocenters. The van der Waals surface area contributed by atoms with Crippen LogP contribution in [0.25, 0.3) is 10.8 Å². The molecule has 0 fully saturated rings. The maximum absolute atomic E-state index is 13.4. The van der Waals surface area contributed by atoms with Gasteiger partial charge in [-0.1, -0.05) is 133 Å². The molecule has 0 aliphatic carbocycles. The first-order valence-corrected chi connectivity index (χ1v) is 15.2. The lowest BCUT2D eigenvalue weighted by atomic mass is 9.80. The van der Waals surface area contributed by atoms with Crippen molar-refractivity contribution in [3.8, 4) is 0 Å². The Morgan fingerprint density at radius 2 is 1.08 bits per heavy atom. The van der Waals surface area contributed by atoms with Crippen molar-refractivity contribution in [1.82, 2.24) is 0 Å². The van der Waals surface area contributed by atoms with Crippen LogP contribution in [-0.4, -0.2) is 26.9 Å². The number of nitro benzene ring substituents is 2. The van der Waals surface area contributed by atoms with Gasteiger partial charge in [-0.2, -0.15) is 0 Å². The van der Waals surface area contributed by atoms with Crippen LogP contribution < -0.4 is 0 Å². The van der Waals surface area contributed by atoms with Crippen LogP contribution in [0.2, 0.25) is 0 Å². The minimum Gasteiger partial charge on any atom is -0.481 e. The Labute approximate surface area is 281 Å². The second-order valence-corrected chi connectivity index (χ2v) is 11.1. The van der Waals surface area contributed by atoms with Crippen molar-refractivity contribution in [3.63, 3.8) is 0 Å². The summed E-state index contributed by atoms with van der Waals surface area (Å²) in [5.74, 6) is -2.10. The second-order valence-electron chi connectivity index (χ2n) is 11.1. The molecule has 0 aromatic heterocycles. The summed E-state index contributed by atoms with van der Waals surface area (Å²) in [6, 6.07) is 44.1. The molecule has 244 valence electrons. The predicted octanol–water partition coefficient (Wildman–Crippen LogP) is 8.68. The summed E-state index contributed by atoms with van der Waals surface area (Å²) in [6.07, 6.45) is 0. The minimum atomic E-state index is -1.38. The zero-order valence-corrected chi connectivity index (χ0v) is 26.2. The van der Waals surface area contributed by atoms with Gasteiger partial charge in [0.05, 0.1) is 21.3 Å². The fourth-order valence-corrected chi connectivity index (χ4v) is 5.46. The van der Waals surface area contributed by atoms with Crippen LogP contribution in [-0.2, 0) is 15.1 Å². The largest absolute Gasteiger partial charge is 0.481 e. The van der Waals surface area contributed by atoms with E-state index in [0.717, 1.165) is 34.5 Å². The van der Waals surface area contributed by atoms with Gasteiger partial charge in [-0.3, -0.25) is 25.0 Å². The fourth-order valence-electron chi connectivity index (χ4n) is 5.46. The molecule has 10 nitrogen and oxygen atoms in total. The number of hydrogen-bond donors (Lipinski definition) is 1. The van der Waals surface area contributed by atoms with E-state index in [1.165, 1.54) is 0 Å². The Balaban J connectivity index is 0.000000259. The van der Waals surface area contributed by atoms with Crippen molar-refractivity contribution in [3.05, 3.63) is 200 Å². The lowest BCUT2D eigenvalue weighted by Crippen LogP contribution is -2.35. The smallest absolute Gasteiger partial charge is 0.346 e. The summed E-state index contributed by atoms with van der Waals surface area (Å²) >= 11 is 0. The Kier molecular flexibility index (Phi) is 10.2. The van der Waals surface area contributed by atoms with Gasteiger partial charge in [0.15, 0.2) is 5.60 Å². The monoisotopic (exact) mass is 654 g/mol. The molecule has 0 heterocycles. The minimum absolute atomic E-state index is 0.176. The summed E-state index contributed by atoms with van der Waals surface area (Å²) in [4.78, 5) is 45.1. The molecule has 1 N–H and O–H groups in total. The van der Waals surface area contributed by atoms with Gasteiger partial charge < -0.3 is 9.84 Å². The van der Waals surface area contributed by atoms with Crippen LogP contribution >= 0.6 is 0 Å². The highest BCUT2D eigenvalue weighted by atomic mass is 16.6. The van der Waals surface area contributed by atoms with Gasteiger partial charge in [0.1, 0.15) is 0 Å². The first-order chi connectivity index (χ1) is 23.6. The van der Waals surface area contributed by atoms with E-state index in [1.54, 1.807) is 6.92 Å². The number of nitro groups is 2. The lowest BCUT2D eigenvalue weighted by molar-refractivity contribution is -0.422. The average Bonchev–Trinajstić information content (AvgIpc) is 3.14. The standard InChI is InChI=1S/C26H18N2O6.C13H12O2/c29-25(19-16-17-23(27(30)31)24(18-19)28(32)33)34-26(20-10-4-1-5-11-20,21-12-6-2-7-13-21)22-14-8-3-9-15-22;1-9(13(14)15)11-7-6-10-4-2-3-5-12(10)8-11/h1-18H;2-9H,1H3,(H,14,15). The molecular weight excluding hydrogens is 624 g/mol. The molecule has 0 saturated heterocycles. The van der Waals surface area contributed by atoms with Crippen LogP contribution in [0.1, 0.15) is 45.5 Å². The van der Waals surface area contributed by atoms with Gasteiger partial charge in [-0.25, -0.2) is 4.79 Å². The Hall–Kier alpha value is -6.68. The molecular formula is C39H30N2O8. The van der Waals surface area contributed by atoms with Crippen LogP contribution in [0.3, 0.4) is 0 Å². The molecule has 1 atom stereocenters. The molecule has 0 saturated carbocycles. The number of hydrogen-bond acceptors (Lipinski definition) is 7. The summed E-state index contributed by atoms with van der Waals surface area (Å²) in [5.41, 5.74) is -0.208. The number of carbonyl (C=O) groups is 2. The van der Waals surface area contributed by atoms with E-state index in [4.69, 9.17) is 9.84 Å². The summed E-state index contributed by atoms with van der Waals surface area (Å²) in [6.45, 7) is 1.70. The Bertz CT molecular complexity index is 2020. The molecule has 6 aromatic rings. The Morgan fingerprint density at radius 3 is 1.55 bits per heavy atom. The normalized spacial score (nSPS) is 11.4. The van der Waals surface area contributed by atoms with Crippen molar-refractivity contribution in [2.75, 3.05) is 0 Å². The van der Waals surface area contributed by atoms with Crippen molar-refractivity contribution >= 4 is 34.1 Å². The van der Waals surface area contributed by atoms with Gasteiger partial charge >= 0.3 is 23.3 Å². The predicted molar refractivity (Wildman–Crippen MR) is 184 cm³/mol. The highest BCUT2D eigenvalue weighted by Crippen LogP contribution is 2.41. The van der Waals surface area contributed by atoms with Gasteiger partial charge in [0.2, 0.25) is 0 Å². The third-order valence-corrected chi connectivity index (χ3v) is 8.04. The summed E-state index contributed by atoms with van der Waals surface area (Å²) in [5, 5.41) is 33.7. The maximum atomic E-state index is 13.4. The van der Waals surface area contributed by atoms with E-state index in [0.29, 0.717) is 16.7 Å². The first kappa shape index (κ1) is 33.7. The number of fused-ring (bicyclic) bond motifs is 1. The highest BCUT2D eigenvalue weighted by Gasteiger charge is 2.41. The number of carboxylic acid groups (broad SMARTS) is 1. The zero-order valence-electron chi connectivity index (χ0n) is 26.2. The van der Waals surface area contributed by atoms with Crippen LogP contribution in [0.15, 0.2) is 152 Å². The van der Waals surface area contributed by atoms with Crippen molar-refractivity contribution in [1.29, 1.82) is 0 Å². The molecule has 0 aliphatic heterocycles. The van der Waals surface area contributed by atoms with Gasteiger partial charge in [-0.05, 0) is 29.3 Å². The van der Waals surface area contributed by atoms with E-state index >= 15 is 0 Å². The third kappa shape index (κ3) is 7.34. The van der Waals surface area contributed by atoms with Crippen molar-refractivity contribution < 1.29 is 29.3 Å². The van der Waals surface area contributed by atoms with Gasteiger partial charge in [0.25, 0.3) is 0 Å². The summed E-state index contributed by atoms with van der Waals surface area (Å²) < 4.78 is 6.19. The SMILES string of the molecule is CC(C(=O)O)c1ccc2ccccc2c1.O=C(OC(c1ccccc1)(c1ccccc1)c1ccccc1)c1ccc([N+](=O)[O-])c([N+](=O)[O-])c1. The number of esters is 1. The van der Waals surface area contributed by atoms with E-state index in [2.05, 4.69) is 0 Å². The van der Waals surface area contributed by atoms with E-state index in [9.17, 15) is 29.8 Å². The molecule has 49 heavy (non-hydrogen) atoms. The molecule has 0 radical (unpaired) electrons. The average molecular weight is 655 g/mol. The van der Waals surface area contributed by atoms with Gasteiger partial charge in [0, 0.05) is 28.8 Å². The first-order valence-electron chi connectivity index (χ1n) is 15.2. The lowest BCUT2D eigenvalue weighted by Gasteiger charge is -2.35. The van der Waals surface area contributed by atoms with Crippen molar-refractivity contribution in [2.45, 2.75) is 18.4 Å². The molecule has 0 aliphatic rings. The Morgan fingerprint density at radius 1 is 0.612 bits per heavy atom. The topological polar surface area (TPSA) is 150 Å². The number of carbonyl (C=O) groups excluding carboxylic acids is 1. The maximum Gasteiger partial charge on any atom is 0.346 e. The third-order valence-electron chi connectivity index (χ3n) is 8.04. The summed E-state index contributed by atoms with van der Waals surface area (Å²) in [7, 11) is 0. The number of ether oxygens (including phenoxy) is 1. The zero-order chi connectivity index (χ0) is 35.0. The molecule has 6 rings (SSSR count). The molecule has 0 spiro atoms. The van der Waals surface area contributed by atoms with Crippen LogP contribution in [0.4, 0.5) is 11.4 Å². The molecule has 6 aromatic carbocycles. The number of aliphatic carboxylic acids is 1. The molecule has 10 heteroatoms. The van der Waals surface area contributed by atoms with E-state index in [-0.39, 0.29) is 5.56 Å². The number of nitrogens with zero attached hydrogens (tertiary/aromatic N) is 2. The number of rotatable bonds is 9. The highest BCUT2D eigenvalue weighted by molar-refractivity contribution is 5.92. The van der Waals surface area contributed by atoms with E-state index in [1.807, 2.05) is 133 Å². The fraction of sp³-hybridized carbons (Fsp3) is 0.0769. The molecule has 0 amide bonds. The van der Waals surface area contributed by atoms with Gasteiger partial charge in [-0.15, -0.1) is 0 Å². The van der Waals surface area contributed by atoms with Crippen molar-refractivity contribution in [2.24, 2.45) is 0 Å². The number of benzene rings is 6. The number of carboxylic acids is 1. The van der Waals surface area contributed by atoms with Crippen LogP contribution in [0.5, 0.6) is 0 Å². The van der Waals surface area contributed by atoms with Crippen LogP contribution in [0, 0.1) is 20.2 Å². The second kappa shape index (κ2) is 14.8.